The summed E-state index contributed by atoms with van der Waals surface area (Å²) >= 11 is 0. The molecule has 0 spiro atoms. The Morgan fingerprint density at radius 1 is 1.08 bits per heavy atom. The fourth-order valence-electron chi connectivity index (χ4n) is 4.24. The number of carbonyl (C=O) groups is 2. The fraction of sp³-hybridized carbons (Fsp3) is 0.480. The molecule has 2 heterocycles. The monoisotopic (exact) mass is 547 g/mol. The van der Waals surface area contributed by atoms with Gasteiger partial charge >= 0.3 is 18.4 Å². The van der Waals surface area contributed by atoms with Gasteiger partial charge in [-0.15, -0.1) is 0 Å². The molecule has 1 unspecified atom stereocenters. The zero-order chi connectivity index (χ0) is 28.4. The van der Waals surface area contributed by atoms with Gasteiger partial charge in [0.25, 0.3) is 0 Å². The molecule has 0 aliphatic carbocycles. The first-order chi connectivity index (χ1) is 17.6. The number of hydrogen-bond donors (Lipinski definition) is 0. The molecule has 0 radical (unpaired) electrons. The number of nitrogens with zero attached hydrogens (tertiary/aromatic N) is 3. The second kappa shape index (κ2) is 11.1. The molecule has 1 aliphatic heterocycles. The summed E-state index contributed by atoms with van der Waals surface area (Å²) in [5.74, 6) is -0.454. The molecule has 1 atom stereocenters. The number of fused-ring (bicyclic) bond motifs is 1. The number of hydrogen-bond acceptors (Lipinski definition) is 5. The van der Waals surface area contributed by atoms with Gasteiger partial charge in [-0.1, -0.05) is 0 Å². The van der Waals surface area contributed by atoms with Crippen molar-refractivity contribution in [2.24, 2.45) is 0 Å². The summed E-state index contributed by atoms with van der Waals surface area (Å²) in [4.78, 5) is 32.5. The van der Waals surface area contributed by atoms with Gasteiger partial charge in [0.1, 0.15) is 0 Å². The first kappa shape index (κ1) is 29.1. The molecule has 7 nitrogen and oxygen atoms in total. The molecular formula is C25H27F6N3O4. The van der Waals surface area contributed by atoms with Crippen molar-refractivity contribution in [2.75, 3.05) is 18.6 Å². The first-order valence-electron chi connectivity index (χ1n) is 11.7. The van der Waals surface area contributed by atoms with Crippen LogP contribution < -0.4 is 9.64 Å². The Balaban J connectivity index is 2.10. The second-order valence-electron chi connectivity index (χ2n) is 9.06. The summed E-state index contributed by atoms with van der Waals surface area (Å²) in [5.41, 5.74) is -2.80. The summed E-state index contributed by atoms with van der Waals surface area (Å²) in [6.07, 6.45) is -10.6. The molecule has 0 saturated heterocycles. The van der Waals surface area contributed by atoms with E-state index in [-0.39, 0.29) is 36.2 Å². The van der Waals surface area contributed by atoms with Crippen LogP contribution in [0, 0.1) is 0 Å². The number of alkyl halides is 6. The Morgan fingerprint density at radius 3 is 2.18 bits per heavy atom. The number of pyridine rings is 1. The van der Waals surface area contributed by atoms with E-state index in [1.807, 2.05) is 0 Å². The minimum atomic E-state index is -5.03. The van der Waals surface area contributed by atoms with E-state index in [9.17, 15) is 35.9 Å². The standard InChI is InChI=1S/C25H27F6N3O4/c1-14(2)38-23(36)33-9-5-6-19(22-20(33)7-8-21(32-22)37-4)34(15(3)35)13-16-10-17(24(26,27)28)12-18(11-16)25(29,30)31/h7-8,10-12,14,19H,5-6,9,13H2,1-4H3. The smallest absolute Gasteiger partial charge is 0.416 e. The van der Waals surface area contributed by atoms with Crippen LogP contribution >= 0.6 is 0 Å². The highest BCUT2D eigenvalue weighted by Gasteiger charge is 2.38. The number of ether oxygens (including phenoxy) is 2. The molecule has 208 valence electrons. The third-order valence-electron chi connectivity index (χ3n) is 5.89. The molecule has 1 aromatic heterocycles. The van der Waals surface area contributed by atoms with Crippen molar-refractivity contribution in [3.63, 3.8) is 0 Å². The number of benzene rings is 1. The van der Waals surface area contributed by atoms with Gasteiger partial charge in [-0.05, 0) is 56.5 Å². The van der Waals surface area contributed by atoms with E-state index in [0.717, 1.165) is 11.8 Å². The van der Waals surface area contributed by atoms with Gasteiger partial charge in [0, 0.05) is 26.1 Å². The number of rotatable bonds is 5. The molecule has 0 fully saturated rings. The van der Waals surface area contributed by atoms with E-state index in [2.05, 4.69) is 4.98 Å². The third-order valence-corrected chi connectivity index (χ3v) is 5.89. The Labute approximate surface area is 215 Å². The van der Waals surface area contributed by atoms with Crippen molar-refractivity contribution in [2.45, 2.75) is 64.7 Å². The van der Waals surface area contributed by atoms with Crippen LogP contribution in [0.25, 0.3) is 0 Å². The molecular weight excluding hydrogens is 520 g/mol. The average Bonchev–Trinajstić information content (AvgIpc) is 2.99. The van der Waals surface area contributed by atoms with Crippen molar-refractivity contribution in [1.29, 1.82) is 0 Å². The molecule has 0 bridgehead atoms. The Hall–Kier alpha value is -3.51. The predicted octanol–water partition coefficient (Wildman–Crippen LogP) is 6.36. The van der Waals surface area contributed by atoms with Crippen LogP contribution in [-0.4, -0.2) is 41.6 Å². The molecule has 0 saturated carbocycles. The molecule has 2 aromatic rings. The van der Waals surface area contributed by atoms with Crippen LogP contribution in [0.4, 0.5) is 36.8 Å². The first-order valence-corrected chi connectivity index (χ1v) is 11.7. The van der Waals surface area contributed by atoms with Crippen LogP contribution in [0.1, 0.15) is 62.0 Å². The highest BCUT2D eigenvalue weighted by atomic mass is 19.4. The number of carbonyl (C=O) groups excluding carboxylic acids is 2. The maximum absolute atomic E-state index is 13.4. The van der Waals surface area contributed by atoms with Crippen molar-refractivity contribution in [3.05, 3.63) is 52.7 Å². The van der Waals surface area contributed by atoms with Gasteiger partial charge in [0.2, 0.25) is 11.8 Å². The summed E-state index contributed by atoms with van der Waals surface area (Å²) in [6.45, 7) is 4.15. The van der Waals surface area contributed by atoms with Crippen LogP contribution in [0.2, 0.25) is 0 Å². The third kappa shape index (κ3) is 6.67. The van der Waals surface area contributed by atoms with Gasteiger partial charge < -0.3 is 14.4 Å². The molecule has 1 aliphatic rings. The van der Waals surface area contributed by atoms with Crippen LogP contribution in [-0.2, 0) is 28.4 Å². The molecule has 2 amide bonds. The summed E-state index contributed by atoms with van der Waals surface area (Å²) in [6, 6.07) is 3.39. The SMILES string of the molecule is COc1ccc2c(n1)C(N(Cc1cc(C(F)(F)F)cc(C(F)(F)F)c1)C(C)=O)CCCN2C(=O)OC(C)C. The number of methoxy groups -OCH3 is 1. The Kier molecular flexibility index (Phi) is 8.47. The topological polar surface area (TPSA) is 72.0 Å². The molecule has 0 N–H and O–H groups in total. The van der Waals surface area contributed by atoms with Crippen LogP contribution in [0.5, 0.6) is 5.88 Å². The van der Waals surface area contributed by atoms with Gasteiger partial charge in [-0.3, -0.25) is 9.69 Å². The number of amides is 2. The highest BCUT2D eigenvalue weighted by molar-refractivity contribution is 5.89. The van der Waals surface area contributed by atoms with Crippen LogP contribution in [0.3, 0.4) is 0 Å². The predicted molar refractivity (Wildman–Crippen MR) is 124 cm³/mol. The zero-order valence-corrected chi connectivity index (χ0v) is 21.1. The minimum absolute atomic E-state index is 0.0349. The number of aromatic nitrogens is 1. The Morgan fingerprint density at radius 2 is 1.68 bits per heavy atom. The maximum Gasteiger partial charge on any atom is 0.416 e. The van der Waals surface area contributed by atoms with Gasteiger partial charge in [-0.2, -0.15) is 26.3 Å². The lowest BCUT2D eigenvalue weighted by atomic mass is 10.0. The van der Waals surface area contributed by atoms with E-state index < -0.39 is 54.2 Å². The minimum Gasteiger partial charge on any atom is -0.481 e. The lowest BCUT2D eigenvalue weighted by molar-refractivity contribution is -0.143. The van der Waals surface area contributed by atoms with Crippen LogP contribution in [0.15, 0.2) is 30.3 Å². The fourth-order valence-corrected chi connectivity index (χ4v) is 4.24. The molecule has 38 heavy (non-hydrogen) atoms. The van der Waals surface area contributed by atoms with E-state index in [0.29, 0.717) is 24.2 Å². The van der Waals surface area contributed by atoms with Crippen molar-refractivity contribution >= 4 is 17.7 Å². The second-order valence-corrected chi connectivity index (χ2v) is 9.06. The van der Waals surface area contributed by atoms with E-state index >= 15 is 0 Å². The summed E-state index contributed by atoms with van der Waals surface area (Å²) in [5, 5.41) is 0. The van der Waals surface area contributed by atoms with E-state index in [1.54, 1.807) is 19.9 Å². The lowest BCUT2D eigenvalue weighted by Gasteiger charge is -2.32. The number of halogens is 6. The molecule has 1 aromatic carbocycles. The van der Waals surface area contributed by atoms with Gasteiger partial charge in [0.15, 0.2) is 0 Å². The lowest BCUT2D eigenvalue weighted by Crippen LogP contribution is -2.35. The highest BCUT2D eigenvalue weighted by Crippen LogP contribution is 2.40. The molecule has 3 rings (SSSR count). The van der Waals surface area contributed by atoms with Crippen molar-refractivity contribution in [1.82, 2.24) is 9.88 Å². The zero-order valence-electron chi connectivity index (χ0n) is 21.1. The van der Waals surface area contributed by atoms with E-state index in [1.165, 1.54) is 18.1 Å². The van der Waals surface area contributed by atoms with E-state index in [4.69, 9.17) is 9.47 Å². The Bertz CT molecular complexity index is 1150. The van der Waals surface area contributed by atoms with Gasteiger partial charge in [-0.25, -0.2) is 9.78 Å². The van der Waals surface area contributed by atoms with Crippen molar-refractivity contribution in [3.8, 4) is 5.88 Å². The molecule has 13 heteroatoms. The summed E-state index contributed by atoms with van der Waals surface area (Å²) in [7, 11) is 1.36. The largest absolute Gasteiger partial charge is 0.481 e. The average molecular weight is 547 g/mol. The number of anilines is 1. The maximum atomic E-state index is 13.4. The summed E-state index contributed by atoms with van der Waals surface area (Å²) < 4.78 is 91.0. The van der Waals surface area contributed by atoms with Gasteiger partial charge in [0.05, 0.1) is 41.8 Å². The normalized spacial score (nSPS) is 16.1. The quantitative estimate of drug-likeness (QED) is 0.408. The van der Waals surface area contributed by atoms with Crippen molar-refractivity contribution < 1.29 is 45.4 Å².